The SMILES string of the molecule is O=C(CCCOc1ccc(Cl)cc1)NC1(CO)CCCC1. The first-order valence-electron chi connectivity index (χ1n) is 7.44. The summed E-state index contributed by atoms with van der Waals surface area (Å²) in [5, 5.41) is 13.1. The van der Waals surface area contributed by atoms with Gasteiger partial charge in [-0.15, -0.1) is 0 Å². The molecule has 116 valence electrons. The molecule has 1 amide bonds. The zero-order chi connectivity index (χ0) is 15.1. The van der Waals surface area contributed by atoms with Crippen LogP contribution in [0.2, 0.25) is 5.02 Å². The summed E-state index contributed by atoms with van der Waals surface area (Å²) in [5.41, 5.74) is -0.381. The van der Waals surface area contributed by atoms with E-state index in [1.54, 1.807) is 12.1 Å². The van der Waals surface area contributed by atoms with Crippen molar-refractivity contribution in [2.45, 2.75) is 44.1 Å². The number of aliphatic hydroxyl groups is 1. The predicted molar refractivity (Wildman–Crippen MR) is 82.6 cm³/mol. The minimum atomic E-state index is -0.381. The minimum Gasteiger partial charge on any atom is -0.494 e. The lowest BCUT2D eigenvalue weighted by molar-refractivity contribution is -0.123. The second-order valence-corrected chi connectivity index (χ2v) is 6.04. The Hall–Kier alpha value is -1.26. The summed E-state index contributed by atoms with van der Waals surface area (Å²) in [6.45, 7) is 0.515. The normalized spacial score (nSPS) is 16.7. The molecule has 1 aliphatic carbocycles. The van der Waals surface area contributed by atoms with E-state index in [1.807, 2.05) is 12.1 Å². The number of halogens is 1. The first-order chi connectivity index (χ1) is 10.1. The summed E-state index contributed by atoms with van der Waals surface area (Å²) in [4.78, 5) is 11.9. The van der Waals surface area contributed by atoms with Crippen LogP contribution in [0.15, 0.2) is 24.3 Å². The lowest BCUT2D eigenvalue weighted by Gasteiger charge is -2.28. The highest BCUT2D eigenvalue weighted by atomic mass is 35.5. The Morgan fingerprint density at radius 1 is 1.29 bits per heavy atom. The van der Waals surface area contributed by atoms with Crippen LogP contribution in [0.3, 0.4) is 0 Å². The zero-order valence-corrected chi connectivity index (χ0v) is 12.9. The van der Waals surface area contributed by atoms with Crippen molar-refractivity contribution in [1.82, 2.24) is 5.32 Å². The smallest absolute Gasteiger partial charge is 0.220 e. The van der Waals surface area contributed by atoms with E-state index in [2.05, 4.69) is 5.32 Å². The largest absolute Gasteiger partial charge is 0.494 e. The first kappa shape index (κ1) is 16.1. The number of carbonyl (C=O) groups is 1. The van der Waals surface area contributed by atoms with Crippen molar-refractivity contribution in [2.24, 2.45) is 0 Å². The molecule has 0 saturated heterocycles. The minimum absolute atomic E-state index is 0.00865. The Kier molecular flexibility index (Phi) is 5.88. The summed E-state index contributed by atoms with van der Waals surface area (Å²) in [5.74, 6) is 0.744. The van der Waals surface area contributed by atoms with Gasteiger partial charge < -0.3 is 15.2 Å². The molecule has 1 aromatic carbocycles. The fourth-order valence-electron chi connectivity index (χ4n) is 2.69. The van der Waals surface area contributed by atoms with E-state index in [0.717, 1.165) is 31.4 Å². The van der Waals surface area contributed by atoms with Crippen LogP contribution in [-0.2, 0) is 4.79 Å². The fourth-order valence-corrected chi connectivity index (χ4v) is 2.81. The van der Waals surface area contributed by atoms with Gasteiger partial charge in [-0.05, 0) is 43.5 Å². The number of rotatable bonds is 7. The summed E-state index contributed by atoms with van der Waals surface area (Å²) in [6.07, 6.45) is 4.94. The molecular weight excluding hydrogens is 290 g/mol. The number of benzene rings is 1. The molecule has 0 heterocycles. The van der Waals surface area contributed by atoms with Gasteiger partial charge in [-0.25, -0.2) is 0 Å². The zero-order valence-electron chi connectivity index (χ0n) is 12.1. The van der Waals surface area contributed by atoms with Crippen LogP contribution in [0.4, 0.5) is 0 Å². The second-order valence-electron chi connectivity index (χ2n) is 5.60. The van der Waals surface area contributed by atoms with Crippen molar-refractivity contribution in [3.8, 4) is 5.75 Å². The van der Waals surface area contributed by atoms with Gasteiger partial charge in [0, 0.05) is 11.4 Å². The molecule has 1 aliphatic rings. The first-order valence-corrected chi connectivity index (χ1v) is 7.82. The van der Waals surface area contributed by atoms with Crippen molar-refractivity contribution < 1.29 is 14.6 Å². The number of ether oxygens (including phenoxy) is 1. The molecule has 5 heteroatoms. The van der Waals surface area contributed by atoms with Crippen LogP contribution < -0.4 is 10.1 Å². The molecule has 0 aliphatic heterocycles. The van der Waals surface area contributed by atoms with Gasteiger partial charge in [0.25, 0.3) is 0 Å². The van der Waals surface area contributed by atoms with Gasteiger partial charge in [0.15, 0.2) is 0 Å². The van der Waals surface area contributed by atoms with Crippen LogP contribution in [-0.4, -0.2) is 29.8 Å². The molecular formula is C16H22ClNO3. The van der Waals surface area contributed by atoms with Crippen LogP contribution in [0.5, 0.6) is 5.75 Å². The van der Waals surface area contributed by atoms with Crippen LogP contribution in [0.1, 0.15) is 38.5 Å². The number of hydrogen-bond acceptors (Lipinski definition) is 3. The van der Waals surface area contributed by atoms with Crippen LogP contribution >= 0.6 is 11.6 Å². The molecule has 2 N–H and O–H groups in total. The van der Waals surface area contributed by atoms with Crippen molar-refractivity contribution in [3.63, 3.8) is 0 Å². The molecule has 1 saturated carbocycles. The molecule has 0 bridgehead atoms. The summed E-state index contributed by atoms with van der Waals surface area (Å²) in [7, 11) is 0. The average Bonchev–Trinajstić information content (AvgIpc) is 2.94. The summed E-state index contributed by atoms with van der Waals surface area (Å²) < 4.78 is 5.54. The predicted octanol–water partition coefficient (Wildman–Crippen LogP) is 2.92. The molecule has 1 fully saturated rings. The Balaban J connectivity index is 1.66. The molecule has 0 atom stereocenters. The van der Waals surface area contributed by atoms with Gasteiger partial charge in [-0.1, -0.05) is 24.4 Å². The van der Waals surface area contributed by atoms with Gasteiger partial charge in [0.2, 0.25) is 5.91 Å². The molecule has 1 aromatic rings. The third-order valence-electron chi connectivity index (χ3n) is 3.90. The summed E-state index contributed by atoms with van der Waals surface area (Å²) >= 11 is 5.79. The molecule has 0 radical (unpaired) electrons. The lowest BCUT2D eigenvalue weighted by atomic mass is 9.98. The number of aliphatic hydroxyl groups excluding tert-OH is 1. The highest BCUT2D eigenvalue weighted by Gasteiger charge is 2.34. The number of hydrogen-bond donors (Lipinski definition) is 2. The highest BCUT2D eigenvalue weighted by Crippen LogP contribution is 2.29. The van der Waals surface area contributed by atoms with Gasteiger partial charge in [0.05, 0.1) is 18.8 Å². The molecule has 0 aromatic heterocycles. The van der Waals surface area contributed by atoms with E-state index in [1.165, 1.54) is 0 Å². The van der Waals surface area contributed by atoms with E-state index >= 15 is 0 Å². The third-order valence-corrected chi connectivity index (χ3v) is 4.15. The molecule has 0 spiro atoms. The Morgan fingerprint density at radius 2 is 1.95 bits per heavy atom. The quantitative estimate of drug-likeness (QED) is 0.761. The Morgan fingerprint density at radius 3 is 2.57 bits per heavy atom. The Labute approximate surface area is 130 Å². The van der Waals surface area contributed by atoms with E-state index in [9.17, 15) is 9.90 Å². The molecule has 4 nitrogen and oxygen atoms in total. The van der Waals surface area contributed by atoms with Crippen molar-refractivity contribution in [2.75, 3.05) is 13.2 Å². The second kappa shape index (κ2) is 7.66. The number of amides is 1. The number of carbonyl (C=O) groups excluding carboxylic acids is 1. The fraction of sp³-hybridized carbons (Fsp3) is 0.562. The van der Waals surface area contributed by atoms with Gasteiger partial charge >= 0.3 is 0 Å². The van der Waals surface area contributed by atoms with Crippen molar-refractivity contribution in [1.29, 1.82) is 0 Å². The maximum atomic E-state index is 11.9. The monoisotopic (exact) mass is 311 g/mol. The number of nitrogens with one attached hydrogen (secondary N) is 1. The van der Waals surface area contributed by atoms with Crippen LogP contribution in [0.25, 0.3) is 0 Å². The van der Waals surface area contributed by atoms with Gasteiger partial charge in [-0.2, -0.15) is 0 Å². The van der Waals surface area contributed by atoms with E-state index < -0.39 is 0 Å². The highest BCUT2D eigenvalue weighted by molar-refractivity contribution is 6.30. The van der Waals surface area contributed by atoms with Crippen molar-refractivity contribution in [3.05, 3.63) is 29.3 Å². The van der Waals surface area contributed by atoms with Crippen molar-refractivity contribution >= 4 is 17.5 Å². The average molecular weight is 312 g/mol. The van der Waals surface area contributed by atoms with E-state index in [4.69, 9.17) is 16.3 Å². The van der Waals surface area contributed by atoms with Crippen LogP contribution in [0, 0.1) is 0 Å². The summed E-state index contributed by atoms with van der Waals surface area (Å²) in [6, 6.07) is 7.16. The standard InChI is InChI=1S/C16H22ClNO3/c17-13-5-7-14(8-6-13)21-11-3-4-15(20)18-16(12-19)9-1-2-10-16/h5-8,19H,1-4,9-12H2,(H,18,20). The van der Waals surface area contributed by atoms with E-state index in [-0.39, 0.29) is 18.1 Å². The third kappa shape index (κ3) is 4.90. The molecule has 0 unspecified atom stereocenters. The molecule has 2 rings (SSSR count). The van der Waals surface area contributed by atoms with Gasteiger partial charge in [0.1, 0.15) is 5.75 Å². The lowest BCUT2D eigenvalue weighted by Crippen LogP contribution is -2.49. The maximum Gasteiger partial charge on any atom is 0.220 e. The topological polar surface area (TPSA) is 58.6 Å². The molecule has 21 heavy (non-hydrogen) atoms. The van der Waals surface area contributed by atoms with E-state index in [0.29, 0.717) is 24.5 Å². The van der Waals surface area contributed by atoms with Gasteiger partial charge in [-0.3, -0.25) is 4.79 Å². The Bertz CT molecular complexity index is 455. The maximum absolute atomic E-state index is 11.9.